The topological polar surface area (TPSA) is 66.9 Å². The van der Waals surface area contributed by atoms with Gasteiger partial charge in [0.05, 0.1) is 12.7 Å². The highest BCUT2D eigenvalue weighted by Gasteiger charge is 2.27. The predicted molar refractivity (Wildman–Crippen MR) is 134 cm³/mol. The van der Waals surface area contributed by atoms with Crippen LogP contribution in [0.5, 0.6) is 11.6 Å². The standard InChI is InChI=1S/C27H31FN4O3/c1-29-14-13-24(19-7-5-4-6-8-19)35-21-10-9-20(23(28)17-21)18-32-16-15-31(2)26-22(27(32)33)11-12-25(30-26)34-3/h4-12,17,24,29H,13-16,18H2,1-3H3/t24-/m0/s1. The predicted octanol–water partition coefficient (Wildman–Crippen LogP) is 4.05. The van der Waals surface area contributed by atoms with Crippen molar-refractivity contribution in [3.8, 4) is 11.6 Å². The zero-order chi connectivity index (χ0) is 24.8. The van der Waals surface area contributed by atoms with Gasteiger partial charge in [-0.3, -0.25) is 4.79 Å². The first kappa shape index (κ1) is 24.5. The third-order valence-electron chi connectivity index (χ3n) is 6.14. The molecule has 1 N–H and O–H groups in total. The average molecular weight is 479 g/mol. The summed E-state index contributed by atoms with van der Waals surface area (Å²) in [6, 6.07) is 18.1. The molecule has 0 saturated carbocycles. The number of methoxy groups -OCH3 is 1. The molecule has 0 radical (unpaired) electrons. The third-order valence-corrected chi connectivity index (χ3v) is 6.14. The van der Waals surface area contributed by atoms with E-state index in [0.29, 0.717) is 41.7 Å². The molecule has 1 amide bonds. The van der Waals surface area contributed by atoms with E-state index in [0.717, 1.165) is 18.5 Å². The molecule has 1 aliphatic heterocycles. The molecule has 1 aliphatic rings. The SMILES string of the molecule is CNCC[C@H](Oc1ccc(CN2CCN(C)c3nc(OC)ccc3C2=O)c(F)c1)c1ccccc1. The van der Waals surface area contributed by atoms with Crippen molar-refractivity contribution in [3.05, 3.63) is 83.2 Å². The fourth-order valence-corrected chi connectivity index (χ4v) is 4.14. The summed E-state index contributed by atoms with van der Waals surface area (Å²) in [6.45, 7) is 1.96. The number of nitrogens with one attached hydrogen (secondary N) is 1. The number of halogens is 1. The van der Waals surface area contributed by atoms with Crippen molar-refractivity contribution in [3.63, 3.8) is 0 Å². The molecule has 4 rings (SSSR count). The fraction of sp³-hybridized carbons (Fsp3) is 0.333. The number of hydrogen-bond acceptors (Lipinski definition) is 6. The van der Waals surface area contributed by atoms with Crippen molar-refractivity contribution >= 4 is 11.7 Å². The zero-order valence-electron chi connectivity index (χ0n) is 20.3. The van der Waals surface area contributed by atoms with Gasteiger partial charge in [0.2, 0.25) is 5.88 Å². The molecule has 0 bridgehead atoms. The molecule has 35 heavy (non-hydrogen) atoms. The summed E-state index contributed by atoms with van der Waals surface area (Å²) in [5.41, 5.74) is 1.95. The number of carbonyl (C=O) groups is 1. The minimum absolute atomic E-state index is 0.159. The number of anilines is 1. The Morgan fingerprint density at radius 1 is 1.11 bits per heavy atom. The summed E-state index contributed by atoms with van der Waals surface area (Å²) in [4.78, 5) is 21.2. The Balaban J connectivity index is 1.51. The van der Waals surface area contributed by atoms with E-state index in [-0.39, 0.29) is 18.6 Å². The summed E-state index contributed by atoms with van der Waals surface area (Å²) in [5, 5.41) is 3.14. The average Bonchev–Trinajstić information content (AvgIpc) is 3.00. The van der Waals surface area contributed by atoms with Crippen LogP contribution in [-0.2, 0) is 6.54 Å². The van der Waals surface area contributed by atoms with Crippen molar-refractivity contribution < 1.29 is 18.7 Å². The van der Waals surface area contributed by atoms with Gasteiger partial charge in [0.15, 0.2) is 0 Å². The number of rotatable bonds is 9. The zero-order valence-corrected chi connectivity index (χ0v) is 20.3. The van der Waals surface area contributed by atoms with Crippen LogP contribution in [0.4, 0.5) is 10.2 Å². The second-order valence-corrected chi connectivity index (χ2v) is 8.54. The Hall–Kier alpha value is -3.65. The van der Waals surface area contributed by atoms with Crippen LogP contribution in [0.25, 0.3) is 0 Å². The number of hydrogen-bond donors (Lipinski definition) is 1. The van der Waals surface area contributed by atoms with Gasteiger partial charge in [-0.05, 0) is 31.3 Å². The van der Waals surface area contributed by atoms with Crippen molar-refractivity contribution in [1.29, 1.82) is 0 Å². The molecule has 184 valence electrons. The summed E-state index contributed by atoms with van der Waals surface area (Å²) in [6.07, 6.45) is 0.551. The van der Waals surface area contributed by atoms with Gasteiger partial charge in [0.1, 0.15) is 23.5 Å². The van der Waals surface area contributed by atoms with Gasteiger partial charge in [-0.25, -0.2) is 4.39 Å². The number of likely N-dealkylation sites (N-methyl/N-ethyl adjacent to an activating group) is 1. The molecule has 8 heteroatoms. The van der Waals surface area contributed by atoms with E-state index >= 15 is 4.39 Å². The number of pyridine rings is 1. The monoisotopic (exact) mass is 478 g/mol. The van der Waals surface area contributed by atoms with Gasteiger partial charge in [0, 0.05) is 50.8 Å². The maximum absolute atomic E-state index is 15.1. The Kier molecular flexibility index (Phi) is 7.82. The molecule has 2 aromatic carbocycles. The van der Waals surface area contributed by atoms with Crippen LogP contribution in [0.15, 0.2) is 60.7 Å². The van der Waals surface area contributed by atoms with E-state index in [9.17, 15) is 4.79 Å². The van der Waals surface area contributed by atoms with Crippen molar-refractivity contribution in [2.45, 2.75) is 19.1 Å². The first-order chi connectivity index (χ1) is 17.0. The minimum Gasteiger partial charge on any atom is -0.486 e. The number of carbonyl (C=O) groups excluding carboxylic acids is 1. The molecule has 0 saturated heterocycles. The summed E-state index contributed by atoms with van der Waals surface area (Å²) < 4.78 is 26.5. The minimum atomic E-state index is -0.401. The van der Waals surface area contributed by atoms with E-state index < -0.39 is 5.82 Å². The Labute approximate surface area is 205 Å². The molecule has 2 heterocycles. The Morgan fingerprint density at radius 2 is 1.91 bits per heavy atom. The molecule has 3 aromatic rings. The van der Waals surface area contributed by atoms with Crippen LogP contribution in [0, 0.1) is 5.82 Å². The molecule has 7 nitrogen and oxygen atoms in total. The number of ether oxygens (including phenoxy) is 2. The van der Waals surface area contributed by atoms with Crippen LogP contribution in [0.2, 0.25) is 0 Å². The van der Waals surface area contributed by atoms with Gasteiger partial charge in [-0.15, -0.1) is 0 Å². The maximum Gasteiger partial charge on any atom is 0.257 e. The molecule has 0 fully saturated rings. The molecular formula is C27H31FN4O3. The summed E-state index contributed by atoms with van der Waals surface area (Å²) in [7, 11) is 5.31. The Morgan fingerprint density at radius 3 is 2.63 bits per heavy atom. The smallest absolute Gasteiger partial charge is 0.257 e. The quantitative estimate of drug-likeness (QED) is 0.501. The van der Waals surface area contributed by atoms with Crippen molar-refractivity contribution in [1.82, 2.24) is 15.2 Å². The van der Waals surface area contributed by atoms with Gasteiger partial charge < -0.3 is 24.6 Å². The van der Waals surface area contributed by atoms with E-state index in [1.165, 1.54) is 6.07 Å². The summed E-state index contributed by atoms with van der Waals surface area (Å²) in [5.74, 6) is 0.883. The third kappa shape index (κ3) is 5.71. The second kappa shape index (κ2) is 11.2. The van der Waals surface area contributed by atoms with Gasteiger partial charge >= 0.3 is 0 Å². The number of benzene rings is 2. The Bertz CT molecular complexity index is 1160. The van der Waals surface area contributed by atoms with E-state index in [4.69, 9.17) is 9.47 Å². The molecule has 1 aromatic heterocycles. The first-order valence-electron chi connectivity index (χ1n) is 11.7. The normalized spacial score (nSPS) is 14.3. The lowest BCUT2D eigenvalue weighted by Gasteiger charge is -2.22. The van der Waals surface area contributed by atoms with E-state index in [2.05, 4.69) is 10.3 Å². The number of nitrogens with zero attached hydrogens (tertiary/aromatic N) is 3. The van der Waals surface area contributed by atoms with E-state index in [1.54, 1.807) is 36.3 Å². The molecule has 0 aliphatic carbocycles. The number of aromatic nitrogens is 1. The highest BCUT2D eigenvalue weighted by Crippen LogP contribution is 2.29. The highest BCUT2D eigenvalue weighted by atomic mass is 19.1. The summed E-state index contributed by atoms with van der Waals surface area (Å²) >= 11 is 0. The lowest BCUT2D eigenvalue weighted by atomic mass is 10.1. The van der Waals surface area contributed by atoms with E-state index in [1.807, 2.05) is 49.3 Å². The van der Waals surface area contributed by atoms with Crippen molar-refractivity contribution in [2.75, 3.05) is 45.7 Å². The lowest BCUT2D eigenvalue weighted by molar-refractivity contribution is 0.0753. The van der Waals surface area contributed by atoms with Crippen molar-refractivity contribution in [2.24, 2.45) is 0 Å². The highest BCUT2D eigenvalue weighted by molar-refractivity contribution is 5.99. The van der Waals surface area contributed by atoms with Gasteiger partial charge in [-0.1, -0.05) is 36.4 Å². The molecule has 0 unspecified atom stereocenters. The van der Waals surface area contributed by atoms with Gasteiger partial charge in [0.25, 0.3) is 5.91 Å². The number of amides is 1. The second-order valence-electron chi connectivity index (χ2n) is 8.54. The van der Waals surface area contributed by atoms with Crippen LogP contribution < -0.4 is 19.7 Å². The van der Waals surface area contributed by atoms with Gasteiger partial charge in [-0.2, -0.15) is 4.98 Å². The first-order valence-corrected chi connectivity index (χ1v) is 11.7. The lowest BCUT2D eigenvalue weighted by Crippen LogP contribution is -2.33. The molecule has 1 atom stereocenters. The van der Waals surface area contributed by atoms with Crippen LogP contribution in [0.1, 0.15) is 34.0 Å². The van der Waals surface area contributed by atoms with Crippen LogP contribution in [0.3, 0.4) is 0 Å². The number of fused-ring (bicyclic) bond motifs is 1. The van der Waals surface area contributed by atoms with Crippen LogP contribution in [-0.4, -0.2) is 56.6 Å². The molecule has 0 spiro atoms. The molecular weight excluding hydrogens is 447 g/mol. The maximum atomic E-state index is 15.1. The van der Waals surface area contributed by atoms with Crippen LogP contribution >= 0.6 is 0 Å². The largest absolute Gasteiger partial charge is 0.486 e. The fourth-order valence-electron chi connectivity index (χ4n) is 4.14.